The number of ether oxygens (including phenoxy) is 1. The number of carbonyl (C=O) groups excluding carboxylic acids is 1. The predicted octanol–water partition coefficient (Wildman–Crippen LogP) is 2.27. The minimum atomic E-state index is -2.89. The van der Waals surface area contributed by atoms with Crippen LogP contribution < -0.4 is 0 Å². The van der Waals surface area contributed by atoms with Crippen LogP contribution in [0.1, 0.15) is 38.6 Å². The van der Waals surface area contributed by atoms with E-state index in [2.05, 4.69) is 9.97 Å². The van der Waals surface area contributed by atoms with Gasteiger partial charge in [-0.05, 0) is 26.8 Å². The SMILES string of the molecule is CC(C)(C)C(=O)OCN(C(=N)c1cc(C(F)F)ncn1)C(=O)O. The molecule has 1 amide bonds. The number of halogens is 2. The van der Waals surface area contributed by atoms with E-state index in [-0.39, 0.29) is 5.69 Å². The summed E-state index contributed by atoms with van der Waals surface area (Å²) in [5.41, 5.74) is -1.83. The fourth-order valence-corrected chi connectivity index (χ4v) is 1.31. The lowest BCUT2D eigenvalue weighted by Crippen LogP contribution is -2.40. The van der Waals surface area contributed by atoms with Gasteiger partial charge in [-0.3, -0.25) is 10.2 Å². The third-order valence-corrected chi connectivity index (χ3v) is 2.59. The standard InChI is InChI=1S/C13H16F2N4O4/c1-13(2,3)11(20)23-6-19(12(21)22)10(16)8-4-7(9(14)15)17-5-18-8/h4-5,9,16H,6H2,1-3H3,(H,21,22). The monoisotopic (exact) mass is 330 g/mol. The maximum Gasteiger partial charge on any atom is 0.415 e. The molecule has 0 saturated carbocycles. The minimum Gasteiger partial charge on any atom is -0.465 e. The molecular formula is C13H16F2N4O4. The second kappa shape index (κ2) is 7.07. The zero-order valence-electron chi connectivity index (χ0n) is 12.7. The highest BCUT2D eigenvalue weighted by molar-refractivity contribution is 6.02. The molecule has 1 aromatic rings. The molecule has 0 aliphatic carbocycles. The van der Waals surface area contributed by atoms with E-state index < -0.39 is 42.2 Å². The molecule has 0 radical (unpaired) electrons. The topological polar surface area (TPSA) is 116 Å². The van der Waals surface area contributed by atoms with Gasteiger partial charge in [0.15, 0.2) is 12.6 Å². The smallest absolute Gasteiger partial charge is 0.415 e. The maximum absolute atomic E-state index is 12.6. The Hall–Kier alpha value is -2.65. The van der Waals surface area contributed by atoms with Crippen molar-refractivity contribution in [3.63, 3.8) is 0 Å². The number of nitrogens with zero attached hydrogens (tertiary/aromatic N) is 3. The quantitative estimate of drug-likeness (QED) is 0.378. The van der Waals surface area contributed by atoms with Crippen molar-refractivity contribution in [1.82, 2.24) is 14.9 Å². The fourth-order valence-electron chi connectivity index (χ4n) is 1.31. The van der Waals surface area contributed by atoms with Crippen LogP contribution in [0.5, 0.6) is 0 Å². The van der Waals surface area contributed by atoms with Gasteiger partial charge in [0.05, 0.1) is 5.41 Å². The van der Waals surface area contributed by atoms with Gasteiger partial charge in [-0.2, -0.15) is 0 Å². The molecule has 0 saturated heterocycles. The lowest BCUT2D eigenvalue weighted by molar-refractivity contribution is -0.155. The van der Waals surface area contributed by atoms with Crippen LogP contribution in [0.25, 0.3) is 0 Å². The first-order valence-corrected chi connectivity index (χ1v) is 6.40. The van der Waals surface area contributed by atoms with Gasteiger partial charge >= 0.3 is 12.1 Å². The first-order chi connectivity index (χ1) is 10.5. The van der Waals surface area contributed by atoms with Crippen molar-refractivity contribution < 1.29 is 28.2 Å². The Labute approximate surface area is 130 Å². The fraction of sp³-hybridized carbons (Fsp3) is 0.462. The van der Waals surface area contributed by atoms with Crippen molar-refractivity contribution in [2.45, 2.75) is 27.2 Å². The second-order valence-electron chi connectivity index (χ2n) is 5.50. The molecule has 1 aromatic heterocycles. The van der Waals surface area contributed by atoms with Crippen LogP contribution >= 0.6 is 0 Å². The van der Waals surface area contributed by atoms with E-state index in [9.17, 15) is 18.4 Å². The van der Waals surface area contributed by atoms with Crippen molar-refractivity contribution in [3.8, 4) is 0 Å². The van der Waals surface area contributed by atoms with E-state index in [1.165, 1.54) is 0 Å². The summed E-state index contributed by atoms with van der Waals surface area (Å²) in [7, 11) is 0. The van der Waals surface area contributed by atoms with E-state index in [0.29, 0.717) is 4.90 Å². The summed E-state index contributed by atoms with van der Waals surface area (Å²) in [6.45, 7) is 3.97. The number of carboxylic acid groups (broad SMARTS) is 1. The number of amides is 1. The average molecular weight is 330 g/mol. The van der Waals surface area contributed by atoms with Crippen LogP contribution in [0.3, 0.4) is 0 Å². The lowest BCUT2D eigenvalue weighted by atomic mass is 9.98. The minimum absolute atomic E-state index is 0.329. The Kier molecular flexibility index (Phi) is 5.66. The van der Waals surface area contributed by atoms with Crippen LogP contribution in [0, 0.1) is 10.8 Å². The van der Waals surface area contributed by atoms with Crippen LogP contribution in [0.2, 0.25) is 0 Å². The Morgan fingerprint density at radius 2 is 2.00 bits per heavy atom. The number of rotatable bonds is 4. The highest BCUT2D eigenvalue weighted by Crippen LogP contribution is 2.17. The molecule has 0 bridgehead atoms. The molecule has 1 heterocycles. The number of aromatic nitrogens is 2. The van der Waals surface area contributed by atoms with Gasteiger partial charge in [-0.1, -0.05) is 0 Å². The number of hydrogen-bond acceptors (Lipinski definition) is 6. The van der Waals surface area contributed by atoms with Crippen LogP contribution in [0.15, 0.2) is 12.4 Å². The summed E-state index contributed by atoms with van der Waals surface area (Å²) < 4.78 is 30.0. The third kappa shape index (κ3) is 4.94. The first-order valence-electron chi connectivity index (χ1n) is 6.40. The van der Waals surface area contributed by atoms with Gasteiger partial charge in [0.2, 0.25) is 0 Å². The third-order valence-electron chi connectivity index (χ3n) is 2.59. The Morgan fingerprint density at radius 3 is 2.48 bits per heavy atom. The number of alkyl halides is 2. The highest BCUT2D eigenvalue weighted by atomic mass is 19.3. The van der Waals surface area contributed by atoms with Crippen LogP contribution in [0.4, 0.5) is 13.6 Å². The van der Waals surface area contributed by atoms with Gasteiger partial charge in [0, 0.05) is 0 Å². The molecule has 8 nitrogen and oxygen atoms in total. The largest absolute Gasteiger partial charge is 0.465 e. The molecule has 126 valence electrons. The van der Waals surface area contributed by atoms with Gasteiger partial charge in [-0.25, -0.2) is 28.4 Å². The average Bonchev–Trinajstić information content (AvgIpc) is 2.45. The number of hydrogen-bond donors (Lipinski definition) is 2. The number of esters is 1. The molecule has 0 aromatic carbocycles. The maximum atomic E-state index is 12.6. The van der Waals surface area contributed by atoms with Gasteiger partial charge in [-0.15, -0.1) is 0 Å². The summed E-state index contributed by atoms with van der Waals surface area (Å²) in [5, 5.41) is 16.9. The zero-order chi connectivity index (χ0) is 17.8. The van der Waals surface area contributed by atoms with E-state index in [0.717, 1.165) is 12.4 Å². The summed E-state index contributed by atoms with van der Waals surface area (Å²) in [5.74, 6) is -1.38. The van der Waals surface area contributed by atoms with E-state index >= 15 is 0 Å². The molecule has 10 heteroatoms. The molecule has 23 heavy (non-hydrogen) atoms. The van der Waals surface area contributed by atoms with Gasteiger partial charge in [0.1, 0.15) is 17.7 Å². The molecule has 0 aliphatic rings. The summed E-state index contributed by atoms with van der Waals surface area (Å²) in [6.07, 6.45) is -3.68. The van der Waals surface area contributed by atoms with Crippen molar-refractivity contribution in [2.24, 2.45) is 5.41 Å². The summed E-state index contributed by atoms with van der Waals surface area (Å²) in [4.78, 5) is 30.1. The first kappa shape index (κ1) is 18.4. The Bertz CT molecular complexity index is 616. The molecule has 0 atom stereocenters. The lowest BCUT2D eigenvalue weighted by Gasteiger charge is -2.22. The molecule has 0 aliphatic heterocycles. The molecule has 1 rings (SSSR count). The number of amidine groups is 1. The highest BCUT2D eigenvalue weighted by Gasteiger charge is 2.27. The van der Waals surface area contributed by atoms with Crippen molar-refractivity contribution in [1.29, 1.82) is 5.41 Å². The number of carbonyl (C=O) groups is 2. The summed E-state index contributed by atoms with van der Waals surface area (Å²) in [6, 6.07) is 0.800. The normalized spacial score (nSPS) is 11.2. The van der Waals surface area contributed by atoms with E-state index in [4.69, 9.17) is 15.3 Å². The van der Waals surface area contributed by atoms with Gasteiger partial charge < -0.3 is 9.84 Å². The molecule has 0 spiro atoms. The van der Waals surface area contributed by atoms with Crippen LogP contribution in [-0.4, -0.2) is 44.6 Å². The Balaban J connectivity index is 2.93. The molecule has 2 N–H and O–H groups in total. The van der Waals surface area contributed by atoms with E-state index in [1.807, 2.05) is 0 Å². The molecular weight excluding hydrogens is 314 g/mol. The summed E-state index contributed by atoms with van der Waals surface area (Å²) >= 11 is 0. The van der Waals surface area contributed by atoms with Crippen molar-refractivity contribution >= 4 is 17.9 Å². The zero-order valence-corrected chi connectivity index (χ0v) is 12.7. The van der Waals surface area contributed by atoms with Crippen molar-refractivity contribution in [2.75, 3.05) is 6.73 Å². The molecule has 0 unspecified atom stereocenters. The second-order valence-corrected chi connectivity index (χ2v) is 5.50. The van der Waals surface area contributed by atoms with Crippen LogP contribution in [-0.2, 0) is 9.53 Å². The van der Waals surface area contributed by atoms with Crippen molar-refractivity contribution in [3.05, 3.63) is 23.8 Å². The van der Waals surface area contributed by atoms with E-state index in [1.54, 1.807) is 20.8 Å². The number of nitrogens with one attached hydrogen (secondary N) is 1. The predicted molar refractivity (Wildman–Crippen MR) is 74.1 cm³/mol. The Morgan fingerprint density at radius 1 is 1.39 bits per heavy atom. The molecule has 0 fully saturated rings. The van der Waals surface area contributed by atoms with Gasteiger partial charge in [0.25, 0.3) is 6.43 Å².